The van der Waals surface area contributed by atoms with Gasteiger partial charge in [-0.15, -0.1) is 0 Å². The first-order chi connectivity index (χ1) is 9.38. The summed E-state index contributed by atoms with van der Waals surface area (Å²) in [6, 6.07) is 10.9. The number of hydrogen-bond acceptors (Lipinski definition) is 3. The van der Waals surface area contributed by atoms with Crippen LogP contribution in [0.3, 0.4) is 0 Å². The molecule has 0 spiro atoms. The zero-order valence-electron chi connectivity index (χ0n) is 10.0. The Labute approximate surface area is 112 Å². The van der Waals surface area contributed by atoms with Gasteiger partial charge in [0.1, 0.15) is 5.69 Å². The van der Waals surface area contributed by atoms with Crippen LogP contribution in [0.5, 0.6) is 0 Å². The third-order valence-corrected chi connectivity index (χ3v) is 2.57. The maximum atomic E-state index is 12.5. The van der Waals surface area contributed by atoms with E-state index in [0.717, 1.165) is 12.1 Å². The van der Waals surface area contributed by atoms with Crippen molar-refractivity contribution in [3.63, 3.8) is 0 Å². The Bertz CT molecular complexity index is 627. The molecule has 0 saturated carbocycles. The van der Waals surface area contributed by atoms with Crippen molar-refractivity contribution >= 4 is 17.1 Å². The normalized spacial score (nSPS) is 11.2. The molecule has 1 N–H and O–H groups in total. The first-order valence-corrected chi connectivity index (χ1v) is 5.55. The topological polar surface area (TPSA) is 55.2 Å². The van der Waals surface area contributed by atoms with Crippen LogP contribution in [-0.4, -0.2) is 4.92 Å². The van der Waals surface area contributed by atoms with Crippen LogP contribution in [0.2, 0.25) is 0 Å². The monoisotopic (exact) mass is 282 g/mol. The summed E-state index contributed by atoms with van der Waals surface area (Å²) in [5, 5.41) is 13.6. The standard InChI is InChI=1S/C13H9F3N2O2/c14-13(15,16)9-6-7-11(12(8-9)18(19)20)17-10-4-2-1-3-5-10/h1-8,17H. The van der Waals surface area contributed by atoms with Gasteiger partial charge >= 0.3 is 6.18 Å². The summed E-state index contributed by atoms with van der Waals surface area (Å²) in [5.74, 6) is 0. The zero-order chi connectivity index (χ0) is 14.8. The van der Waals surface area contributed by atoms with Gasteiger partial charge in [-0.3, -0.25) is 10.1 Å². The van der Waals surface area contributed by atoms with E-state index in [1.807, 2.05) is 0 Å². The zero-order valence-corrected chi connectivity index (χ0v) is 10.0. The van der Waals surface area contributed by atoms with E-state index in [9.17, 15) is 23.3 Å². The molecule has 0 aliphatic rings. The molecule has 0 heterocycles. The minimum absolute atomic E-state index is 0.00852. The van der Waals surface area contributed by atoms with Gasteiger partial charge in [-0.1, -0.05) is 18.2 Å². The van der Waals surface area contributed by atoms with E-state index >= 15 is 0 Å². The molecular formula is C13H9F3N2O2. The summed E-state index contributed by atoms with van der Waals surface area (Å²) in [5.41, 5.74) is -1.11. The van der Waals surface area contributed by atoms with E-state index < -0.39 is 22.4 Å². The second-order valence-electron chi connectivity index (χ2n) is 3.98. The van der Waals surface area contributed by atoms with Crippen LogP contribution in [-0.2, 0) is 6.18 Å². The minimum Gasteiger partial charge on any atom is -0.350 e. The van der Waals surface area contributed by atoms with Crippen molar-refractivity contribution in [1.29, 1.82) is 0 Å². The second-order valence-corrected chi connectivity index (χ2v) is 3.98. The van der Waals surface area contributed by atoms with Gasteiger partial charge in [-0.2, -0.15) is 13.2 Å². The summed E-state index contributed by atoms with van der Waals surface area (Å²) in [6.07, 6.45) is -4.62. The first kappa shape index (κ1) is 13.9. The molecule has 0 saturated heterocycles. The third-order valence-electron chi connectivity index (χ3n) is 2.57. The van der Waals surface area contributed by atoms with E-state index in [1.54, 1.807) is 30.3 Å². The van der Waals surface area contributed by atoms with E-state index in [4.69, 9.17) is 0 Å². The van der Waals surface area contributed by atoms with Crippen LogP contribution in [0.15, 0.2) is 48.5 Å². The van der Waals surface area contributed by atoms with Crippen molar-refractivity contribution in [2.24, 2.45) is 0 Å². The average Bonchev–Trinajstić information content (AvgIpc) is 2.38. The Hall–Kier alpha value is -2.57. The summed E-state index contributed by atoms with van der Waals surface area (Å²) in [6.45, 7) is 0. The molecule has 2 rings (SSSR count). The lowest BCUT2D eigenvalue weighted by molar-refractivity contribution is -0.384. The number of nitrogens with one attached hydrogen (secondary N) is 1. The molecule has 0 aliphatic carbocycles. The van der Waals surface area contributed by atoms with E-state index in [0.29, 0.717) is 11.8 Å². The second kappa shape index (κ2) is 5.20. The summed E-state index contributed by atoms with van der Waals surface area (Å²) >= 11 is 0. The van der Waals surface area contributed by atoms with E-state index in [-0.39, 0.29) is 5.69 Å². The number of anilines is 2. The first-order valence-electron chi connectivity index (χ1n) is 5.55. The number of nitrogens with zero attached hydrogens (tertiary/aromatic N) is 1. The Morgan fingerprint density at radius 1 is 1.05 bits per heavy atom. The largest absolute Gasteiger partial charge is 0.416 e. The van der Waals surface area contributed by atoms with Crippen LogP contribution in [0, 0.1) is 10.1 Å². The maximum absolute atomic E-state index is 12.5. The van der Waals surface area contributed by atoms with Gasteiger partial charge in [-0.05, 0) is 24.3 Å². The Kier molecular flexibility index (Phi) is 3.60. The molecule has 0 aliphatic heterocycles. The predicted molar refractivity (Wildman–Crippen MR) is 67.8 cm³/mol. The Morgan fingerprint density at radius 2 is 1.70 bits per heavy atom. The van der Waals surface area contributed by atoms with Crippen LogP contribution in [0.1, 0.15) is 5.56 Å². The predicted octanol–water partition coefficient (Wildman–Crippen LogP) is 4.36. The van der Waals surface area contributed by atoms with Crippen molar-refractivity contribution in [3.05, 3.63) is 64.2 Å². The molecule has 4 nitrogen and oxygen atoms in total. The van der Waals surface area contributed by atoms with E-state index in [2.05, 4.69) is 5.32 Å². The smallest absolute Gasteiger partial charge is 0.350 e. The number of halogens is 3. The van der Waals surface area contributed by atoms with Gasteiger partial charge < -0.3 is 5.32 Å². The van der Waals surface area contributed by atoms with Crippen LogP contribution in [0.25, 0.3) is 0 Å². The number of hydrogen-bond donors (Lipinski definition) is 1. The number of nitro groups is 1. The minimum atomic E-state index is -4.62. The molecule has 2 aromatic rings. The Balaban J connectivity index is 2.41. The fourth-order valence-corrected chi connectivity index (χ4v) is 1.64. The summed E-state index contributed by atoms with van der Waals surface area (Å²) in [4.78, 5) is 10.0. The molecule has 20 heavy (non-hydrogen) atoms. The molecular weight excluding hydrogens is 273 g/mol. The van der Waals surface area contributed by atoms with Gasteiger partial charge in [0.25, 0.3) is 5.69 Å². The number of rotatable bonds is 3. The van der Waals surface area contributed by atoms with Crippen LogP contribution < -0.4 is 5.32 Å². The van der Waals surface area contributed by atoms with Crippen molar-refractivity contribution in [1.82, 2.24) is 0 Å². The third kappa shape index (κ3) is 3.05. The van der Waals surface area contributed by atoms with Gasteiger partial charge in [-0.25, -0.2) is 0 Å². The highest BCUT2D eigenvalue weighted by Crippen LogP contribution is 2.35. The van der Waals surface area contributed by atoms with Gasteiger partial charge in [0, 0.05) is 11.8 Å². The fraction of sp³-hybridized carbons (Fsp3) is 0.0769. The highest BCUT2D eigenvalue weighted by molar-refractivity contribution is 5.70. The average molecular weight is 282 g/mol. The molecule has 0 amide bonds. The van der Waals surface area contributed by atoms with Gasteiger partial charge in [0.15, 0.2) is 0 Å². The SMILES string of the molecule is O=[N+]([O-])c1cc(C(F)(F)F)ccc1Nc1ccccc1. The molecule has 2 aromatic carbocycles. The van der Waals surface area contributed by atoms with Crippen molar-refractivity contribution in [2.75, 3.05) is 5.32 Å². The van der Waals surface area contributed by atoms with Crippen LogP contribution >= 0.6 is 0 Å². The van der Waals surface area contributed by atoms with Crippen LogP contribution in [0.4, 0.5) is 30.2 Å². The Morgan fingerprint density at radius 3 is 2.25 bits per heavy atom. The molecule has 0 unspecified atom stereocenters. The lowest BCUT2D eigenvalue weighted by Crippen LogP contribution is -2.06. The number of alkyl halides is 3. The number of nitro benzene ring substituents is 1. The summed E-state index contributed by atoms with van der Waals surface area (Å²) < 4.78 is 37.6. The van der Waals surface area contributed by atoms with E-state index in [1.165, 1.54) is 0 Å². The number of benzene rings is 2. The lowest BCUT2D eigenvalue weighted by atomic mass is 10.1. The molecule has 104 valence electrons. The molecule has 0 bridgehead atoms. The van der Waals surface area contributed by atoms with Crippen molar-refractivity contribution in [3.8, 4) is 0 Å². The van der Waals surface area contributed by atoms with Gasteiger partial charge in [0.2, 0.25) is 0 Å². The molecule has 0 radical (unpaired) electrons. The van der Waals surface area contributed by atoms with Gasteiger partial charge in [0.05, 0.1) is 10.5 Å². The maximum Gasteiger partial charge on any atom is 0.416 e. The lowest BCUT2D eigenvalue weighted by Gasteiger charge is -2.10. The highest BCUT2D eigenvalue weighted by atomic mass is 19.4. The molecule has 0 fully saturated rings. The number of para-hydroxylation sites is 1. The fourth-order valence-electron chi connectivity index (χ4n) is 1.64. The quantitative estimate of drug-likeness (QED) is 0.672. The summed E-state index contributed by atoms with van der Waals surface area (Å²) in [7, 11) is 0. The molecule has 0 atom stereocenters. The molecule has 0 aromatic heterocycles. The van der Waals surface area contributed by atoms with Crippen molar-refractivity contribution < 1.29 is 18.1 Å². The van der Waals surface area contributed by atoms with Crippen molar-refractivity contribution in [2.45, 2.75) is 6.18 Å². The highest BCUT2D eigenvalue weighted by Gasteiger charge is 2.33. The molecule has 7 heteroatoms.